The third-order valence-electron chi connectivity index (χ3n) is 1.66. The molecule has 1 rings (SSSR count). The molecule has 0 aromatic heterocycles. The van der Waals surface area contributed by atoms with Crippen LogP contribution in [0.4, 0.5) is 0 Å². The number of rotatable bonds is 2. The molecule has 0 amide bonds. The number of hydrogen-bond acceptors (Lipinski definition) is 2. The van der Waals surface area contributed by atoms with Crippen LogP contribution in [0.5, 0.6) is 0 Å². The fourth-order valence-corrected chi connectivity index (χ4v) is 2.25. The molecule has 0 aromatic rings. The lowest BCUT2D eigenvalue weighted by Gasteiger charge is -2.06. The van der Waals surface area contributed by atoms with Crippen LogP contribution in [-0.4, -0.2) is 14.5 Å². The van der Waals surface area contributed by atoms with Crippen LogP contribution in [-0.2, 0) is 9.24 Å². The van der Waals surface area contributed by atoms with Crippen LogP contribution in [0.25, 0.3) is 0 Å². The van der Waals surface area contributed by atoms with Crippen LogP contribution >= 0.6 is 10.7 Å². The van der Waals surface area contributed by atoms with Crippen LogP contribution in [0.3, 0.4) is 0 Å². The van der Waals surface area contributed by atoms with E-state index in [2.05, 4.69) is 4.72 Å². The minimum absolute atomic E-state index is 0.0856. The highest BCUT2D eigenvalue weighted by Crippen LogP contribution is 2.18. The summed E-state index contributed by atoms with van der Waals surface area (Å²) in [5.74, 6) is 0. The van der Waals surface area contributed by atoms with Gasteiger partial charge in [-0.25, -0.2) is 0 Å². The Bertz CT molecular complexity index is 196. The molecule has 0 radical (unpaired) electrons. The van der Waals surface area contributed by atoms with Gasteiger partial charge in [-0.05, 0) is 12.8 Å². The molecule has 1 saturated carbocycles. The quantitative estimate of drug-likeness (QED) is 0.650. The molecular formula is C5H10ClNO2S. The summed E-state index contributed by atoms with van der Waals surface area (Å²) in [4.78, 5) is 0. The van der Waals surface area contributed by atoms with Crippen LogP contribution in [0.2, 0.25) is 0 Å². The van der Waals surface area contributed by atoms with E-state index in [1.54, 1.807) is 0 Å². The highest BCUT2D eigenvalue weighted by Gasteiger charge is 2.18. The molecule has 10 heavy (non-hydrogen) atoms. The van der Waals surface area contributed by atoms with Crippen molar-refractivity contribution in [2.24, 2.45) is 0 Å². The summed E-state index contributed by atoms with van der Waals surface area (Å²) in [7, 11) is 1.49. The molecule has 0 atom stereocenters. The molecule has 0 aliphatic heterocycles. The maximum Gasteiger partial charge on any atom is 0.297 e. The van der Waals surface area contributed by atoms with Crippen molar-refractivity contribution in [2.75, 3.05) is 0 Å². The Morgan fingerprint density at radius 2 is 1.80 bits per heavy atom. The van der Waals surface area contributed by atoms with Crippen molar-refractivity contribution in [1.82, 2.24) is 4.72 Å². The zero-order valence-electron chi connectivity index (χ0n) is 5.51. The molecule has 3 nitrogen and oxygen atoms in total. The minimum atomic E-state index is -3.49. The smallest absolute Gasteiger partial charge is 0.199 e. The first-order chi connectivity index (χ1) is 4.58. The van der Waals surface area contributed by atoms with Gasteiger partial charge in [0.1, 0.15) is 0 Å². The normalized spacial score (nSPS) is 21.7. The summed E-state index contributed by atoms with van der Waals surface area (Å²) >= 11 is 0. The van der Waals surface area contributed by atoms with E-state index in [0.717, 1.165) is 25.7 Å². The van der Waals surface area contributed by atoms with Crippen molar-refractivity contribution >= 4 is 19.9 Å². The van der Waals surface area contributed by atoms with Gasteiger partial charge < -0.3 is 0 Å². The predicted molar refractivity (Wildman–Crippen MR) is 40.2 cm³/mol. The Morgan fingerprint density at radius 3 is 2.20 bits per heavy atom. The van der Waals surface area contributed by atoms with Crippen molar-refractivity contribution in [3.63, 3.8) is 0 Å². The maximum atomic E-state index is 10.4. The van der Waals surface area contributed by atoms with E-state index in [1.165, 1.54) is 0 Å². The van der Waals surface area contributed by atoms with E-state index in [9.17, 15) is 8.42 Å². The summed E-state index contributed by atoms with van der Waals surface area (Å²) < 4.78 is 23.2. The number of halogens is 1. The topological polar surface area (TPSA) is 46.2 Å². The summed E-state index contributed by atoms with van der Waals surface area (Å²) in [6.45, 7) is 0. The number of hydrogen-bond donors (Lipinski definition) is 1. The molecule has 0 saturated heterocycles. The molecular weight excluding hydrogens is 174 g/mol. The van der Waals surface area contributed by atoms with E-state index < -0.39 is 9.24 Å². The van der Waals surface area contributed by atoms with Gasteiger partial charge >= 0.3 is 0 Å². The highest BCUT2D eigenvalue weighted by molar-refractivity contribution is 8.12. The molecule has 5 heteroatoms. The Kier molecular flexibility index (Phi) is 2.55. The summed E-state index contributed by atoms with van der Waals surface area (Å²) in [6, 6.07) is 0.0856. The van der Waals surface area contributed by atoms with E-state index in [1.807, 2.05) is 0 Å². The molecule has 0 unspecified atom stereocenters. The van der Waals surface area contributed by atoms with E-state index in [4.69, 9.17) is 10.7 Å². The maximum absolute atomic E-state index is 10.4. The average Bonchev–Trinajstić information content (AvgIpc) is 2.12. The van der Waals surface area contributed by atoms with Gasteiger partial charge in [0, 0.05) is 16.7 Å². The summed E-state index contributed by atoms with van der Waals surface area (Å²) in [5.41, 5.74) is 0. The lowest BCUT2D eigenvalue weighted by Crippen LogP contribution is -2.28. The highest BCUT2D eigenvalue weighted by atomic mass is 35.7. The monoisotopic (exact) mass is 183 g/mol. The number of nitrogens with one attached hydrogen (secondary N) is 1. The molecule has 1 aliphatic rings. The third kappa shape index (κ3) is 2.86. The lowest BCUT2D eigenvalue weighted by molar-refractivity contribution is 0.565. The van der Waals surface area contributed by atoms with Crippen LogP contribution in [0, 0.1) is 0 Å². The second kappa shape index (κ2) is 3.07. The van der Waals surface area contributed by atoms with Crippen LogP contribution in [0.1, 0.15) is 25.7 Å². The van der Waals surface area contributed by atoms with Gasteiger partial charge in [-0.2, -0.15) is 13.1 Å². The largest absolute Gasteiger partial charge is 0.297 e. The first-order valence-corrected chi connectivity index (χ1v) is 5.61. The summed E-state index contributed by atoms with van der Waals surface area (Å²) in [6.07, 6.45) is 4.05. The molecule has 0 heterocycles. The van der Waals surface area contributed by atoms with Gasteiger partial charge in [0.05, 0.1) is 0 Å². The van der Waals surface area contributed by atoms with Gasteiger partial charge in [0.25, 0.3) is 9.24 Å². The molecule has 60 valence electrons. The van der Waals surface area contributed by atoms with Crippen LogP contribution < -0.4 is 4.72 Å². The Labute approximate surface area is 65.3 Å². The van der Waals surface area contributed by atoms with Crippen molar-refractivity contribution in [3.8, 4) is 0 Å². The second-order valence-corrected chi connectivity index (χ2v) is 4.87. The van der Waals surface area contributed by atoms with Crippen molar-refractivity contribution in [2.45, 2.75) is 31.7 Å². The van der Waals surface area contributed by atoms with Crippen molar-refractivity contribution < 1.29 is 8.42 Å². The van der Waals surface area contributed by atoms with Gasteiger partial charge in [-0.15, -0.1) is 0 Å². The van der Waals surface area contributed by atoms with Crippen LogP contribution in [0.15, 0.2) is 0 Å². The fourth-order valence-electron chi connectivity index (χ4n) is 1.24. The van der Waals surface area contributed by atoms with E-state index in [0.29, 0.717) is 0 Å². The van der Waals surface area contributed by atoms with Gasteiger partial charge in [0.15, 0.2) is 0 Å². The fraction of sp³-hybridized carbons (Fsp3) is 1.00. The van der Waals surface area contributed by atoms with Gasteiger partial charge in [0.2, 0.25) is 0 Å². The van der Waals surface area contributed by atoms with Crippen molar-refractivity contribution in [3.05, 3.63) is 0 Å². The van der Waals surface area contributed by atoms with Crippen molar-refractivity contribution in [1.29, 1.82) is 0 Å². The molecule has 1 fully saturated rings. The first kappa shape index (κ1) is 8.30. The molecule has 0 aromatic carbocycles. The average molecular weight is 184 g/mol. The Hall–Kier alpha value is 0.200. The second-order valence-electron chi connectivity index (χ2n) is 2.54. The predicted octanol–water partition coefficient (Wildman–Crippen LogP) is 1.00. The summed E-state index contributed by atoms with van der Waals surface area (Å²) in [5, 5.41) is 0. The zero-order valence-corrected chi connectivity index (χ0v) is 7.08. The third-order valence-corrected chi connectivity index (χ3v) is 2.54. The zero-order chi connectivity index (χ0) is 7.61. The van der Waals surface area contributed by atoms with Gasteiger partial charge in [-0.1, -0.05) is 12.8 Å². The lowest BCUT2D eigenvalue weighted by atomic mass is 10.3. The first-order valence-electron chi connectivity index (χ1n) is 3.30. The molecule has 0 spiro atoms. The molecule has 1 aliphatic carbocycles. The van der Waals surface area contributed by atoms with E-state index in [-0.39, 0.29) is 6.04 Å². The van der Waals surface area contributed by atoms with Gasteiger partial charge in [-0.3, -0.25) is 0 Å². The minimum Gasteiger partial charge on any atom is -0.199 e. The molecule has 0 bridgehead atoms. The Balaban J connectivity index is 2.38. The van der Waals surface area contributed by atoms with E-state index >= 15 is 0 Å². The SMILES string of the molecule is O=S(=O)(Cl)NC1CCCC1. The Morgan fingerprint density at radius 1 is 1.30 bits per heavy atom. The molecule has 1 N–H and O–H groups in total. The standard InChI is InChI=1S/C5H10ClNO2S/c6-10(8,9)7-5-3-1-2-4-5/h5,7H,1-4H2.